The SMILES string of the molecule is C=C[C@H](OC)[C@@H](O)[C@H](C)/C=C(/C)COc1nccc(C(F)(F)F)n1. The monoisotopic (exact) mass is 346 g/mol. The highest BCUT2D eigenvalue weighted by molar-refractivity contribution is 5.10. The number of hydrogen-bond donors (Lipinski definition) is 1. The summed E-state index contributed by atoms with van der Waals surface area (Å²) >= 11 is 0. The highest BCUT2D eigenvalue weighted by Gasteiger charge is 2.33. The van der Waals surface area contributed by atoms with Crippen LogP contribution in [-0.4, -0.2) is 41.0 Å². The fourth-order valence-corrected chi connectivity index (χ4v) is 2.02. The zero-order valence-corrected chi connectivity index (χ0v) is 13.7. The Morgan fingerprint density at radius 2 is 2.12 bits per heavy atom. The molecule has 0 saturated heterocycles. The second-order valence-corrected chi connectivity index (χ2v) is 5.31. The van der Waals surface area contributed by atoms with Crippen molar-refractivity contribution >= 4 is 0 Å². The van der Waals surface area contributed by atoms with E-state index in [2.05, 4.69) is 16.5 Å². The molecule has 0 aromatic carbocycles. The van der Waals surface area contributed by atoms with Gasteiger partial charge in [-0.15, -0.1) is 6.58 Å². The molecule has 134 valence electrons. The summed E-state index contributed by atoms with van der Waals surface area (Å²) in [5, 5.41) is 10.1. The average Bonchev–Trinajstić information content (AvgIpc) is 2.53. The molecule has 5 nitrogen and oxygen atoms in total. The van der Waals surface area contributed by atoms with E-state index < -0.39 is 24.1 Å². The van der Waals surface area contributed by atoms with Crippen molar-refractivity contribution in [3.05, 3.63) is 42.3 Å². The van der Waals surface area contributed by atoms with E-state index in [1.54, 1.807) is 19.9 Å². The number of aromatic nitrogens is 2. The third-order valence-electron chi connectivity index (χ3n) is 3.28. The number of ether oxygens (including phenoxy) is 2. The second-order valence-electron chi connectivity index (χ2n) is 5.31. The van der Waals surface area contributed by atoms with Gasteiger partial charge in [-0.3, -0.25) is 0 Å². The van der Waals surface area contributed by atoms with Gasteiger partial charge in [0, 0.05) is 19.2 Å². The first-order valence-corrected chi connectivity index (χ1v) is 7.22. The van der Waals surface area contributed by atoms with Crippen LogP contribution in [0.2, 0.25) is 0 Å². The molecule has 1 N–H and O–H groups in total. The minimum atomic E-state index is -4.55. The van der Waals surface area contributed by atoms with Gasteiger partial charge >= 0.3 is 12.2 Å². The van der Waals surface area contributed by atoms with Crippen LogP contribution in [0.4, 0.5) is 13.2 Å². The number of aliphatic hydroxyl groups excluding tert-OH is 1. The lowest BCUT2D eigenvalue weighted by Crippen LogP contribution is -2.31. The van der Waals surface area contributed by atoms with E-state index in [0.717, 1.165) is 12.3 Å². The number of aliphatic hydroxyl groups is 1. The molecule has 1 heterocycles. The van der Waals surface area contributed by atoms with Gasteiger partial charge in [0.2, 0.25) is 0 Å². The van der Waals surface area contributed by atoms with Crippen LogP contribution >= 0.6 is 0 Å². The molecule has 0 aliphatic heterocycles. The number of hydrogen-bond acceptors (Lipinski definition) is 5. The van der Waals surface area contributed by atoms with Crippen molar-refractivity contribution in [1.29, 1.82) is 0 Å². The maximum atomic E-state index is 12.6. The summed E-state index contributed by atoms with van der Waals surface area (Å²) < 4.78 is 48.0. The van der Waals surface area contributed by atoms with Gasteiger partial charge in [0.1, 0.15) is 12.7 Å². The van der Waals surface area contributed by atoms with E-state index in [1.807, 2.05) is 0 Å². The largest absolute Gasteiger partial charge is 0.459 e. The van der Waals surface area contributed by atoms with Crippen molar-refractivity contribution in [3.63, 3.8) is 0 Å². The first-order chi connectivity index (χ1) is 11.2. The Hall–Kier alpha value is -1.93. The number of methoxy groups -OCH3 is 1. The van der Waals surface area contributed by atoms with Crippen molar-refractivity contribution < 1.29 is 27.8 Å². The lowest BCUT2D eigenvalue weighted by molar-refractivity contribution is -0.141. The molecule has 0 aliphatic carbocycles. The van der Waals surface area contributed by atoms with Gasteiger partial charge in [-0.05, 0) is 18.6 Å². The molecule has 0 aliphatic rings. The van der Waals surface area contributed by atoms with Crippen molar-refractivity contribution in [2.24, 2.45) is 5.92 Å². The summed E-state index contributed by atoms with van der Waals surface area (Å²) in [7, 11) is 1.47. The highest BCUT2D eigenvalue weighted by atomic mass is 19.4. The predicted octanol–water partition coefficient (Wildman–Crippen LogP) is 3.02. The molecule has 24 heavy (non-hydrogen) atoms. The van der Waals surface area contributed by atoms with Gasteiger partial charge in [-0.1, -0.05) is 19.1 Å². The molecule has 0 radical (unpaired) electrons. The Morgan fingerprint density at radius 3 is 2.67 bits per heavy atom. The Morgan fingerprint density at radius 1 is 1.46 bits per heavy atom. The van der Waals surface area contributed by atoms with Crippen LogP contribution in [-0.2, 0) is 10.9 Å². The van der Waals surface area contributed by atoms with Gasteiger partial charge in [0.05, 0.1) is 6.10 Å². The first kappa shape index (κ1) is 20.1. The third-order valence-corrected chi connectivity index (χ3v) is 3.28. The molecular formula is C16H21F3N2O3. The van der Waals surface area contributed by atoms with Crippen LogP contribution < -0.4 is 4.74 Å². The van der Waals surface area contributed by atoms with Crippen molar-refractivity contribution in [2.45, 2.75) is 32.2 Å². The van der Waals surface area contributed by atoms with Crippen LogP contribution in [0, 0.1) is 5.92 Å². The first-order valence-electron chi connectivity index (χ1n) is 7.22. The number of halogens is 3. The average molecular weight is 346 g/mol. The molecule has 3 atom stereocenters. The zero-order chi connectivity index (χ0) is 18.3. The topological polar surface area (TPSA) is 64.5 Å². The summed E-state index contributed by atoms with van der Waals surface area (Å²) in [6.45, 7) is 7.09. The fraction of sp³-hybridized carbons (Fsp3) is 0.500. The van der Waals surface area contributed by atoms with E-state index in [-0.39, 0.29) is 18.5 Å². The molecule has 0 spiro atoms. The van der Waals surface area contributed by atoms with Gasteiger partial charge in [0.15, 0.2) is 5.69 Å². The zero-order valence-electron chi connectivity index (χ0n) is 13.7. The molecule has 0 bridgehead atoms. The summed E-state index contributed by atoms with van der Waals surface area (Å²) in [4.78, 5) is 6.97. The highest BCUT2D eigenvalue weighted by Crippen LogP contribution is 2.27. The second kappa shape index (κ2) is 8.79. The van der Waals surface area contributed by atoms with Crippen LogP contribution in [0.25, 0.3) is 0 Å². The Labute approximate surface area is 138 Å². The van der Waals surface area contributed by atoms with Gasteiger partial charge < -0.3 is 14.6 Å². The quantitative estimate of drug-likeness (QED) is 0.733. The van der Waals surface area contributed by atoms with Crippen LogP contribution in [0.5, 0.6) is 6.01 Å². The van der Waals surface area contributed by atoms with E-state index in [4.69, 9.17) is 9.47 Å². The number of rotatable bonds is 8. The van der Waals surface area contributed by atoms with E-state index >= 15 is 0 Å². The predicted molar refractivity (Wildman–Crippen MR) is 82.5 cm³/mol. The Balaban J connectivity index is 2.68. The van der Waals surface area contributed by atoms with Crippen molar-refractivity contribution in [3.8, 4) is 6.01 Å². The lowest BCUT2D eigenvalue weighted by atomic mass is 9.97. The van der Waals surface area contributed by atoms with E-state index in [0.29, 0.717) is 5.57 Å². The summed E-state index contributed by atoms with van der Waals surface area (Å²) in [5.74, 6) is -0.265. The van der Waals surface area contributed by atoms with Gasteiger partial charge in [0.25, 0.3) is 0 Å². The Bertz CT molecular complexity index is 576. The molecule has 0 fully saturated rings. The maximum absolute atomic E-state index is 12.6. The molecule has 1 aromatic heterocycles. The van der Waals surface area contributed by atoms with Crippen LogP contribution in [0.3, 0.4) is 0 Å². The van der Waals surface area contributed by atoms with Gasteiger partial charge in [-0.25, -0.2) is 4.98 Å². The number of alkyl halides is 3. The smallest absolute Gasteiger partial charge is 0.433 e. The van der Waals surface area contributed by atoms with E-state index in [1.165, 1.54) is 13.2 Å². The van der Waals surface area contributed by atoms with Gasteiger partial charge in [-0.2, -0.15) is 18.2 Å². The molecule has 1 rings (SSSR count). The maximum Gasteiger partial charge on any atom is 0.433 e. The standard InChI is InChI=1S/C16H21F3N2O3/c1-5-12(23-4)14(22)11(3)8-10(2)9-24-15-20-7-6-13(21-15)16(17,18)19/h5-8,11-12,14,22H,1,9H2,2-4H3/b10-8-/t11-,12+,14+/m1/s1. The third kappa shape index (κ3) is 5.93. The molecule has 1 aromatic rings. The normalized spacial score (nSPS) is 16.4. The minimum absolute atomic E-state index is 0.00408. The minimum Gasteiger partial charge on any atom is -0.459 e. The Kier molecular flexibility index (Phi) is 7.37. The number of nitrogens with zero attached hydrogens (tertiary/aromatic N) is 2. The molecule has 0 unspecified atom stereocenters. The summed E-state index contributed by atoms with van der Waals surface area (Å²) in [5.41, 5.74) is -0.353. The molecule has 8 heteroatoms. The van der Waals surface area contributed by atoms with Crippen LogP contribution in [0.1, 0.15) is 19.5 Å². The fourth-order valence-electron chi connectivity index (χ4n) is 2.02. The summed E-state index contributed by atoms with van der Waals surface area (Å²) in [6.07, 6.45) is -1.64. The molecule has 0 saturated carbocycles. The molecular weight excluding hydrogens is 325 g/mol. The van der Waals surface area contributed by atoms with Crippen LogP contribution in [0.15, 0.2) is 36.6 Å². The lowest BCUT2D eigenvalue weighted by Gasteiger charge is -2.22. The summed E-state index contributed by atoms with van der Waals surface area (Å²) in [6, 6.07) is 0.417. The van der Waals surface area contributed by atoms with E-state index in [9.17, 15) is 18.3 Å². The van der Waals surface area contributed by atoms with Crippen molar-refractivity contribution in [2.75, 3.05) is 13.7 Å². The van der Waals surface area contributed by atoms with Crippen molar-refractivity contribution in [1.82, 2.24) is 9.97 Å². The molecule has 0 amide bonds.